The van der Waals surface area contributed by atoms with Crippen LogP contribution in [0.25, 0.3) is 0 Å². The molecule has 0 bridgehead atoms. The summed E-state index contributed by atoms with van der Waals surface area (Å²) in [5.41, 5.74) is 3.69. The first-order chi connectivity index (χ1) is 22.5. The normalized spacial score (nSPS) is 14.0. The van der Waals surface area contributed by atoms with Gasteiger partial charge in [0.05, 0.1) is 15.6 Å². The van der Waals surface area contributed by atoms with Gasteiger partial charge in [-0.2, -0.15) is 0 Å². The maximum absolute atomic E-state index is 14.7. The largest absolute Gasteiger partial charge is 0.352 e. The predicted molar refractivity (Wildman–Crippen MR) is 188 cm³/mol. The maximum Gasteiger partial charge on any atom is 0.264 e. The van der Waals surface area contributed by atoms with Gasteiger partial charge in [-0.25, -0.2) is 8.42 Å². The number of halogens is 2. The van der Waals surface area contributed by atoms with Crippen LogP contribution in [0.4, 0.5) is 5.69 Å². The predicted octanol–water partition coefficient (Wildman–Crippen LogP) is 7.50. The third-order valence-electron chi connectivity index (χ3n) is 8.51. The van der Waals surface area contributed by atoms with Crippen molar-refractivity contribution in [3.8, 4) is 0 Å². The molecular formula is C37H39Cl2N3O4S. The molecule has 1 aliphatic rings. The number of aryl methyl sites for hydroxylation is 2. The molecule has 4 aromatic rings. The molecule has 0 radical (unpaired) electrons. The average Bonchev–Trinajstić information content (AvgIpc) is 3.57. The number of rotatable bonds is 12. The summed E-state index contributed by atoms with van der Waals surface area (Å²) in [5, 5.41) is 3.56. The van der Waals surface area contributed by atoms with Gasteiger partial charge in [0.1, 0.15) is 12.6 Å². The van der Waals surface area contributed by atoms with Crippen LogP contribution in [0.3, 0.4) is 0 Å². The van der Waals surface area contributed by atoms with E-state index in [9.17, 15) is 18.0 Å². The lowest BCUT2D eigenvalue weighted by atomic mass is 10.0. The summed E-state index contributed by atoms with van der Waals surface area (Å²) in [4.78, 5) is 30.3. The number of sulfonamides is 1. The van der Waals surface area contributed by atoms with Crippen LogP contribution in [0.5, 0.6) is 0 Å². The molecular weight excluding hydrogens is 653 g/mol. The first kappa shape index (κ1) is 34.5. The number of nitrogens with zero attached hydrogens (tertiary/aromatic N) is 2. The van der Waals surface area contributed by atoms with Crippen LogP contribution in [0.1, 0.15) is 47.9 Å². The monoisotopic (exact) mass is 691 g/mol. The van der Waals surface area contributed by atoms with Gasteiger partial charge >= 0.3 is 0 Å². The Balaban J connectivity index is 1.58. The molecule has 2 amide bonds. The number of anilines is 1. The van der Waals surface area contributed by atoms with Gasteiger partial charge < -0.3 is 10.2 Å². The molecule has 1 aliphatic carbocycles. The Hall–Kier alpha value is -3.85. The molecule has 0 heterocycles. The van der Waals surface area contributed by atoms with Crippen molar-refractivity contribution in [3.05, 3.63) is 129 Å². The molecule has 0 aliphatic heterocycles. The fraction of sp³-hybridized carbons (Fsp3) is 0.297. The molecule has 0 spiro atoms. The standard InChI is InChI=1S/C37H39Cl2N3O4S/c1-26-12-16-29(17-13-26)24-41(35(22-28-8-4-3-5-9-28)37(44)40-31-10-6-7-11-31)36(43)25-42(34-23-30(38)18-21-33(34)39)47(45,46)32-19-14-27(2)15-20-32/h3-5,8-9,12-21,23,31,35H,6-7,10-11,22,24-25H2,1-2H3,(H,40,44). The van der Waals surface area contributed by atoms with Crippen molar-refractivity contribution >= 4 is 50.7 Å². The van der Waals surface area contributed by atoms with E-state index < -0.39 is 28.5 Å². The van der Waals surface area contributed by atoms with E-state index in [2.05, 4.69) is 5.32 Å². The van der Waals surface area contributed by atoms with Crippen molar-refractivity contribution in [2.45, 2.75) is 69.5 Å². The van der Waals surface area contributed by atoms with Crippen LogP contribution in [0, 0.1) is 13.8 Å². The molecule has 0 aromatic heterocycles. The zero-order valence-corrected chi connectivity index (χ0v) is 28.9. The minimum Gasteiger partial charge on any atom is -0.352 e. The summed E-state index contributed by atoms with van der Waals surface area (Å²) in [7, 11) is -4.30. The van der Waals surface area contributed by atoms with Gasteiger partial charge in [0.15, 0.2) is 0 Å². The maximum atomic E-state index is 14.7. The van der Waals surface area contributed by atoms with Crippen molar-refractivity contribution < 1.29 is 18.0 Å². The van der Waals surface area contributed by atoms with Crippen LogP contribution in [-0.4, -0.2) is 43.8 Å². The number of carbonyl (C=O) groups excluding carboxylic acids is 2. The third kappa shape index (κ3) is 8.74. The molecule has 5 rings (SSSR count). The molecule has 1 unspecified atom stereocenters. The number of amides is 2. The van der Waals surface area contributed by atoms with Gasteiger partial charge in [0.25, 0.3) is 10.0 Å². The molecule has 1 N–H and O–H groups in total. The molecule has 10 heteroatoms. The second-order valence-corrected chi connectivity index (χ2v) is 14.8. The van der Waals surface area contributed by atoms with Crippen molar-refractivity contribution in [1.29, 1.82) is 0 Å². The Kier molecular flexibility index (Phi) is 11.3. The molecule has 47 heavy (non-hydrogen) atoms. The van der Waals surface area contributed by atoms with E-state index in [1.54, 1.807) is 18.2 Å². The quantitative estimate of drug-likeness (QED) is 0.167. The number of hydrogen-bond acceptors (Lipinski definition) is 4. The fourth-order valence-corrected chi connectivity index (χ4v) is 7.70. The lowest BCUT2D eigenvalue weighted by Crippen LogP contribution is -2.54. The highest BCUT2D eigenvalue weighted by Gasteiger charge is 2.36. The van der Waals surface area contributed by atoms with Gasteiger partial charge in [-0.05, 0) is 68.1 Å². The number of carbonyl (C=O) groups is 2. The second-order valence-electron chi connectivity index (χ2n) is 12.1. The number of benzene rings is 4. The molecule has 4 aromatic carbocycles. The van der Waals surface area contributed by atoms with Gasteiger partial charge in [0.2, 0.25) is 11.8 Å². The Bertz CT molecular complexity index is 1790. The minimum absolute atomic E-state index is 0.00293. The van der Waals surface area contributed by atoms with Gasteiger partial charge in [-0.1, -0.05) is 114 Å². The summed E-state index contributed by atoms with van der Waals surface area (Å²) in [5.74, 6) is -0.824. The molecule has 246 valence electrons. The van der Waals surface area contributed by atoms with Gasteiger partial charge in [0, 0.05) is 24.0 Å². The third-order valence-corrected chi connectivity index (χ3v) is 10.8. The van der Waals surface area contributed by atoms with Crippen LogP contribution in [0.2, 0.25) is 10.0 Å². The average molecular weight is 693 g/mol. The molecule has 1 fully saturated rings. The Morgan fingerprint density at radius 2 is 1.45 bits per heavy atom. The van der Waals surface area contributed by atoms with Gasteiger partial charge in [-0.15, -0.1) is 0 Å². The van der Waals surface area contributed by atoms with Crippen molar-refractivity contribution in [2.24, 2.45) is 0 Å². The zero-order chi connectivity index (χ0) is 33.6. The SMILES string of the molecule is Cc1ccc(CN(C(=O)CN(c2cc(Cl)ccc2Cl)S(=O)(=O)c2ccc(C)cc2)C(Cc2ccccc2)C(=O)NC2CCCC2)cc1. The molecule has 1 atom stereocenters. The Labute approximate surface area is 287 Å². The van der Waals surface area contributed by atoms with Crippen molar-refractivity contribution in [3.63, 3.8) is 0 Å². The summed E-state index contributed by atoms with van der Waals surface area (Å²) < 4.78 is 29.5. The van der Waals surface area contributed by atoms with Crippen LogP contribution in [0.15, 0.2) is 102 Å². The Morgan fingerprint density at radius 3 is 2.09 bits per heavy atom. The highest BCUT2D eigenvalue weighted by molar-refractivity contribution is 7.92. The van der Waals surface area contributed by atoms with E-state index in [0.717, 1.165) is 52.2 Å². The summed E-state index contributed by atoms with van der Waals surface area (Å²) in [6.45, 7) is 3.32. The van der Waals surface area contributed by atoms with Crippen LogP contribution in [-0.2, 0) is 32.6 Å². The Morgan fingerprint density at radius 1 is 0.830 bits per heavy atom. The number of nitrogens with one attached hydrogen (secondary N) is 1. The minimum atomic E-state index is -4.30. The molecule has 7 nitrogen and oxygen atoms in total. The number of hydrogen-bond donors (Lipinski definition) is 1. The first-order valence-electron chi connectivity index (χ1n) is 15.7. The van der Waals surface area contributed by atoms with E-state index >= 15 is 0 Å². The van der Waals surface area contributed by atoms with Crippen molar-refractivity contribution in [1.82, 2.24) is 10.2 Å². The highest BCUT2D eigenvalue weighted by atomic mass is 35.5. The smallest absolute Gasteiger partial charge is 0.264 e. The van der Waals surface area contributed by atoms with E-state index in [1.807, 2.05) is 68.4 Å². The summed E-state index contributed by atoms with van der Waals surface area (Å²) >= 11 is 12.9. The summed E-state index contributed by atoms with van der Waals surface area (Å²) in [6, 6.07) is 27.2. The lowest BCUT2D eigenvalue weighted by Gasteiger charge is -2.34. The molecule has 1 saturated carbocycles. The first-order valence-corrected chi connectivity index (χ1v) is 17.9. The zero-order valence-electron chi connectivity index (χ0n) is 26.5. The fourth-order valence-electron chi connectivity index (χ4n) is 5.84. The van der Waals surface area contributed by atoms with E-state index in [0.29, 0.717) is 0 Å². The lowest BCUT2D eigenvalue weighted by molar-refractivity contribution is -0.140. The van der Waals surface area contributed by atoms with Gasteiger partial charge in [-0.3, -0.25) is 13.9 Å². The van der Waals surface area contributed by atoms with Crippen LogP contribution < -0.4 is 9.62 Å². The van der Waals surface area contributed by atoms with E-state index in [-0.39, 0.29) is 45.5 Å². The molecule has 0 saturated heterocycles. The van der Waals surface area contributed by atoms with E-state index in [1.165, 1.54) is 29.2 Å². The van der Waals surface area contributed by atoms with Crippen molar-refractivity contribution in [2.75, 3.05) is 10.8 Å². The van der Waals surface area contributed by atoms with E-state index in [4.69, 9.17) is 23.2 Å². The van der Waals surface area contributed by atoms with Crippen LogP contribution >= 0.6 is 23.2 Å². The topological polar surface area (TPSA) is 86.8 Å². The second kappa shape index (κ2) is 15.4. The summed E-state index contributed by atoms with van der Waals surface area (Å²) in [6.07, 6.45) is 4.08. The highest BCUT2D eigenvalue weighted by Crippen LogP contribution is 2.33.